The quantitative estimate of drug-likeness (QED) is 0.735. The normalized spacial score (nSPS) is 17.8. The van der Waals surface area contributed by atoms with Crippen LogP contribution in [0.3, 0.4) is 0 Å². The highest BCUT2D eigenvalue weighted by molar-refractivity contribution is 7.16. The van der Waals surface area contributed by atoms with Gasteiger partial charge in [-0.15, -0.1) is 11.3 Å². The summed E-state index contributed by atoms with van der Waals surface area (Å²) >= 11 is 1.62. The molecule has 19 heavy (non-hydrogen) atoms. The first-order valence-corrected chi connectivity index (χ1v) is 7.29. The van der Waals surface area contributed by atoms with Gasteiger partial charge in [0.1, 0.15) is 16.5 Å². The molecule has 0 saturated heterocycles. The zero-order valence-corrected chi connectivity index (χ0v) is 11.2. The summed E-state index contributed by atoms with van der Waals surface area (Å²) in [6, 6.07) is 10.6. The Hall–Kier alpha value is -1.94. The van der Waals surface area contributed by atoms with Crippen LogP contribution in [0.15, 0.2) is 35.7 Å². The molecule has 1 aromatic carbocycles. The fourth-order valence-electron chi connectivity index (χ4n) is 2.88. The van der Waals surface area contributed by atoms with Crippen LogP contribution in [0.2, 0.25) is 0 Å². The van der Waals surface area contributed by atoms with Crippen molar-refractivity contribution in [1.82, 2.24) is 9.97 Å². The van der Waals surface area contributed by atoms with Gasteiger partial charge in [0.15, 0.2) is 0 Å². The Morgan fingerprint density at radius 1 is 1.16 bits per heavy atom. The average Bonchev–Trinajstić information content (AvgIpc) is 3.04. The summed E-state index contributed by atoms with van der Waals surface area (Å²) < 4.78 is 0. The zero-order chi connectivity index (χ0) is 12.8. The van der Waals surface area contributed by atoms with E-state index in [2.05, 4.69) is 29.2 Å². The molecule has 0 aliphatic heterocycles. The first-order valence-electron chi connectivity index (χ1n) is 6.41. The van der Waals surface area contributed by atoms with Gasteiger partial charge in [0.25, 0.3) is 0 Å². The summed E-state index contributed by atoms with van der Waals surface area (Å²) in [5, 5.41) is 2.99. The van der Waals surface area contributed by atoms with Gasteiger partial charge in [-0.1, -0.05) is 24.3 Å². The lowest BCUT2D eigenvalue weighted by molar-refractivity contribution is 0.737. The van der Waals surface area contributed by atoms with Crippen molar-refractivity contribution < 1.29 is 0 Å². The van der Waals surface area contributed by atoms with Gasteiger partial charge in [0.2, 0.25) is 0 Å². The molecule has 3 nitrogen and oxygen atoms in total. The summed E-state index contributed by atoms with van der Waals surface area (Å²) in [5.74, 6) is 1.77. The smallest absolute Gasteiger partial charge is 0.139 e. The Bertz CT molecular complexity index is 763. The Morgan fingerprint density at radius 2 is 2.05 bits per heavy atom. The summed E-state index contributed by atoms with van der Waals surface area (Å²) in [6.07, 6.45) is 2.18. The van der Waals surface area contributed by atoms with Crippen LogP contribution < -0.4 is 5.73 Å². The lowest BCUT2D eigenvalue weighted by Gasteiger charge is -2.10. The number of fused-ring (bicyclic) bond motifs is 2. The number of rotatable bonds is 1. The molecule has 4 rings (SSSR count). The zero-order valence-electron chi connectivity index (χ0n) is 10.3. The highest BCUT2D eigenvalue weighted by Crippen LogP contribution is 2.37. The van der Waals surface area contributed by atoms with E-state index in [0.717, 1.165) is 28.9 Å². The highest BCUT2D eigenvalue weighted by atomic mass is 32.1. The maximum atomic E-state index is 6.04. The molecular weight excluding hydrogens is 254 g/mol. The monoisotopic (exact) mass is 267 g/mol. The number of nitrogens with zero attached hydrogens (tertiary/aromatic N) is 2. The standard InChI is InChI=1S/C15H13N3S/c16-13-12-7-8-19-15(12)18-14(17-13)11-6-5-9-3-1-2-4-10(9)11/h1-4,7-8,11H,5-6H2,(H2,16,17,18). The van der Waals surface area contributed by atoms with Gasteiger partial charge in [0, 0.05) is 5.92 Å². The van der Waals surface area contributed by atoms with E-state index < -0.39 is 0 Å². The molecule has 2 N–H and O–H groups in total. The fourth-order valence-corrected chi connectivity index (χ4v) is 3.66. The Balaban J connectivity index is 1.87. The van der Waals surface area contributed by atoms with Crippen molar-refractivity contribution in [2.45, 2.75) is 18.8 Å². The molecule has 2 heterocycles. The van der Waals surface area contributed by atoms with E-state index in [1.54, 1.807) is 11.3 Å². The number of nitrogens with two attached hydrogens (primary N) is 1. The predicted molar refractivity (Wildman–Crippen MR) is 78.4 cm³/mol. The fraction of sp³-hybridized carbons (Fsp3) is 0.200. The van der Waals surface area contributed by atoms with Crippen LogP contribution in [0.25, 0.3) is 10.2 Å². The number of thiophene rings is 1. The first-order chi connectivity index (χ1) is 9.33. The van der Waals surface area contributed by atoms with E-state index in [4.69, 9.17) is 10.7 Å². The SMILES string of the molecule is Nc1nc(C2CCc3ccccc32)nc2sccc12. The van der Waals surface area contributed by atoms with Crippen molar-refractivity contribution in [3.63, 3.8) is 0 Å². The molecule has 1 unspecified atom stereocenters. The third-order valence-corrected chi connectivity index (χ3v) is 4.62. The van der Waals surface area contributed by atoms with Gasteiger partial charge in [0.05, 0.1) is 5.39 Å². The maximum absolute atomic E-state index is 6.04. The van der Waals surface area contributed by atoms with Crippen molar-refractivity contribution in [1.29, 1.82) is 0 Å². The number of hydrogen-bond acceptors (Lipinski definition) is 4. The molecule has 0 bridgehead atoms. The molecule has 94 valence electrons. The molecule has 0 spiro atoms. The number of aromatic nitrogens is 2. The van der Waals surface area contributed by atoms with E-state index in [-0.39, 0.29) is 0 Å². The van der Waals surface area contributed by atoms with E-state index in [1.165, 1.54) is 11.1 Å². The van der Waals surface area contributed by atoms with E-state index in [1.807, 2.05) is 11.4 Å². The summed E-state index contributed by atoms with van der Waals surface area (Å²) in [7, 11) is 0. The van der Waals surface area contributed by atoms with Gasteiger partial charge >= 0.3 is 0 Å². The molecule has 0 fully saturated rings. The number of hydrogen-bond donors (Lipinski definition) is 1. The van der Waals surface area contributed by atoms with Crippen molar-refractivity contribution in [3.05, 3.63) is 52.7 Å². The number of nitrogen functional groups attached to an aromatic ring is 1. The molecule has 1 aliphatic rings. The Kier molecular flexibility index (Phi) is 2.32. The van der Waals surface area contributed by atoms with Gasteiger partial charge < -0.3 is 5.73 Å². The largest absolute Gasteiger partial charge is 0.383 e. The van der Waals surface area contributed by atoms with Crippen molar-refractivity contribution in [3.8, 4) is 0 Å². The molecule has 2 aromatic heterocycles. The number of anilines is 1. The maximum Gasteiger partial charge on any atom is 0.139 e. The van der Waals surface area contributed by atoms with Crippen LogP contribution in [0.4, 0.5) is 5.82 Å². The van der Waals surface area contributed by atoms with E-state index in [9.17, 15) is 0 Å². The second kappa shape index (κ2) is 4.03. The highest BCUT2D eigenvalue weighted by Gasteiger charge is 2.26. The minimum atomic E-state index is 0.296. The lowest BCUT2D eigenvalue weighted by atomic mass is 10.0. The van der Waals surface area contributed by atoms with Crippen molar-refractivity contribution in [2.24, 2.45) is 0 Å². The second-order valence-corrected chi connectivity index (χ2v) is 5.79. The molecule has 0 amide bonds. The third-order valence-electron chi connectivity index (χ3n) is 3.82. The lowest BCUT2D eigenvalue weighted by Crippen LogP contribution is -2.05. The molecule has 1 aliphatic carbocycles. The first kappa shape index (κ1) is 10.9. The van der Waals surface area contributed by atoms with Crippen LogP contribution in [0.1, 0.15) is 29.3 Å². The minimum absolute atomic E-state index is 0.296. The number of benzene rings is 1. The van der Waals surface area contributed by atoms with Crippen LogP contribution in [0, 0.1) is 0 Å². The van der Waals surface area contributed by atoms with Crippen LogP contribution in [-0.4, -0.2) is 9.97 Å². The molecule has 1 atom stereocenters. The van der Waals surface area contributed by atoms with Crippen molar-refractivity contribution in [2.75, 3.05) is 5.73 Å². The minimum Gasteiger partial charge on any atom is -0.383 e. The molecule has 0 radical (unpaired) electrons. The summed E-state index contributed by atoms with van der Waals surface area (Å²) in [6.45, 7) is 0. The average molecular weight is 267 g/mol. The number of aryl methyl sites for hydroxylation is 1. The van der Waals surface area contributed by atoms with Crippen molar-refractivity contribution >= 4 is 27.4 Å². The third kappa shape index (κ3) is 1.64. The predicted octanol–water partition coefficient (Wildman–Crippen LogP) is 3.35. The van der Waals surface area contributed by atoms with Crippen LogP contribution in [-0.2, 0) is 6.42 Å². The molecular formula is C15H13N3S. The molecule has 3 aromatic rings. The summed E-state index contributed by atoms with van der Waals surface area (Å²) in [4.78, 5) is 10.2. The molecule has 0 saturated carbocycles. The van der Waals surface area contributed by atoms with Gasteiger partial charge in [-0.05, 0) is 35.4 Å². The van der Waals surface area contributed by atoms with E-state index in [0.29, 0.717) is 11.7 Å². The van der Waals surface area contributed by atoms with Crippen LogP contribution >= 0.6 is 11.3 Å². The van der Waals surface area contributed by atoms with Crippen LogP contribution in [0.5, 0.6) is 0 Å². The Morgan fingerprint density at radius 3 is 3.00 bits per heavy atom. The summed E-state index contributed by atoms with van der Waals surface area (Å²) in [5.41, 5.74) is 8.82. The Labute approximate surface area is 115 Å². The second-order valence-electron chi connectivity index (χ2n) is 4.90. The van der Waals surface area contributed by atoms with Gasteiger partial charge in [-0.25, -0.2) is 9.97 Å². The van der Waals surface area contributed by atoms with Gasteiger partial charge in [-0.2, -0.15) is 0 Å². The van der Waals surface area contributed by atoms with E-state index >= 15 is 0 Å². The topological polar surface area (TPSA) is 51.8 Å². The molecule has 4 heteroatoms. The van der Waals surface area contributed by atoms with Gasteiger partial charge in [-0.3, -0.25) is 0 Å².